The molecule has 0 unspecified atom stereocenters. The lowest BCUT2D eigenvalue weighted by Gasteiger charge is -2.32. The Hall–Kier alpha value is -2.09. The number of nitrogens with zero attached hydrogens (tertiary/aromatic N) is 1. The molecule has 0 aromatic heterocycles. The summed E-state index contributed by atoms with van der Waals surface area (Å²) in [6, 6.07) is 5.41. The predicted molar refractivity (Wildman–Crippen MR) is 120 cm³/mol. The van der Waals surface area contributed by atoms with E-state index in [9.17, 15) is 0 Å². The molecule has 2 heterocycles. The van der Waals surface area contributed by atoms with Crippen LogP contribution in [0.15, 0.2) is 41.5 Å². The van der Waals surface area contributed by atoms with Crippen LogP contribution in [0.1, 0.15) is 18.4 Å². The zero-order valence-corrected chi connectivity index (χ0v) is 17.9. The largest absolute Gasteiger partial charge is 0.396 e. The maximum Gasteiger partial charge on any atom is 0.141 e. The highest BCUT2D eigenvalue weighted by molar-refractivity contribution is 6.33. The molecule has 2 aliphatic heterocycles. The van der Waals surface area contributed by atoms with Crippen LogP contribution in [0.4, 0.5) is 0 Å². The first kappa shape index (κ1) is 21.6. The number of piperidine rings is 1. The van der Waals surface area contributed by atoms with Gasteiger partial charge in [-0.2, -0.15) is 0 Å². The van der Waals surface area contributed by atoms with Crippen molar-refractivity contribution in [2.45, 2.75) is 19.4 Å². The highest BCUT2D eigenvalue weighted by atomic mass is 35.5. The summed E-state index contributed by atoms with van der Waals surface area (Å²) in [5, 5.41) is 19.2. The Morgan fingerprint density at radius 2 is 2.03 bits per heavy atom. The molecule has 1 saturated heterocycles. The molecule has 9 heteroatoms. The molecule has 0 bridgehead atoms. The number of nitrogens with two attached hydrogens (primary N) is 2. The Labute approximate surface area is 182 Å². The highest BCUT2D eigenvalue weighted by Crippen LogP contribution is 2.25. The van der Waals surface area contributed by atoms with E-state index in [4.69, 9.17) is 40.1 Å². The van der Waals surface area contributed by atoms with Crippen molar-refractivity contribution in [1.29, 1.82) is 5.41 Å². The summed E-state index contributed by atoms with van der Waals surface area (Å²) in [4.78, 5) is 2.09. The van der Waals surface area contributed by atoms with Gasteiger partial charge in [0.1, 0.15) is 11.7 Å². The van der Waals surface area contributed by atoms with Gasteiger partial charge in [0.25, 0.3) is 0 Å². The summed E-state index contributed by atoms with van der Waals surface area (Å²) in [6.07, 6.45) is 3.97. The molecule has 158 valence electrons. The summed E-state index contributed by atoms with van der Waals surface area (Å²) in [5.41, 5.74) is 14.4. The number of amidine groups is 1. The van der Waals surface area contributed by atoms with E-state index in [2.05, 4.69) is 20.9 Å². The van der Waals surface area contributed by atoms with Crippen LogP contribution in [0.3, 0.4) is 0 Å². The second-order valence-corrected chi connectivity index (χ2v) is 8.28. The smallest absolute Gasteiger partial charge is 0.141 e. The molecule has 2 aliphatic rings. The first-order valence-corrected chi connectivity index (χ1v) is 10.6. The molecule has 1 aromatic carbocycles. The van der Waals surface area contributed by atoms with Gasteiger partial charge in [0.05, 0.1) is 11.4 Å². The van der Waals surface area contributed by atoms with Gasteiger partial charge in [0, 0.05) is 36.2 Å². The number of hydrogen-bond donors (Lipinski definition) is 6. The minimum Gasteiger partial charge on any atom is -0.396 e. The lowest BCUT2D eigenvalue weighted by molar-refractivity contribution is 0.321. The molecule has 0 atom stereocenters. The summed E-state index contributed by atoms with van der Waals surface area (Å²) in [6.45, 7) is 4.81. The van der Waals surface area contributed by atoms with E-state index in [-0.39, 0.29) is 5.84 Å². The highest BCUT2D eigenvalue weighted by Gasteiger charge is 2.20. The average Bonchev–Trinajstić information content (AvgIpc) is 2.72. The van der Waals surface area contributed by atoms with Crippen LogP contribution in [0.25, 0.3) is 0 Å². The second kappa shape index (κ2) is 10.1. The third-order valence-electron chi connectivity index (χ3n) is 5.29. The van der Waals surface area contributed by atoms with Crippen molar-refractivity contribution >= 4 is 29.0 Å². The lowest BCUT2D eigenvalue weighted by atomic mass is 9.98. The number of halogens is 2. The molecule has 3 rings (SSSR count). The monoisotopic (exact) mass is 437 g/mol. The first-order chi connectivity index (χ1) is 13.9. The number of benzene rings is 1. The quantitative estimate of drug-likeness (QED) is 0.299. The number of nitrogens with one attached hydrogen (secondary N) is 4. The SMILES string of the molecule is N=C(NCC1CCNCC1)/C(N)=C/C1=C(N)NCCN1Cc1cc(Cl)ccc1Cl. The van der Waals surface area contributed by atoms with Gasteiger partial charge < -0.3 is 32.3 Å². The van der Waals surface area contributed by atoms with Gasteiger partial charge in [-0.05, 0) is 61.7 Å². The zero-order valence-electron chi connectivity index (χ0n) is 16.4. The van der Waals surface area contributed by atoms with Crippen LogP contribution in [-0.2, 0) is 6.54 Å². The standard InChI is InChI=1S/C20H29Cl2N7/c21-15-1-2-16(22)14(9-15)12-29-8-7-27-20(25)18(29)10-17(23)19(24)28-11-13-3-5-26-6-4-13/h1-2,9-10,13,26-27H,3-8,11-12,23,25H2,(H2,24,28)/b17-10-. The fourth-order valence-electron chi connectivity index (χ4n) is 3.56. The van der Waals surface area contributed by atoms with Crippen LogP contribution < -0.4 is 27.4 Å². The summed E-state index contributed by atoms with van der Waals surface area (Å²) >= 11 is 12.5. The third kappa shape index (κ3) is 5.95. The van der Waals surface area contributed by atoms with Gasteiger partial charge >= 0.3 is 0 Å². The Kier molecular flexibility index (Phi) is 7.52. The number of hydrogen-bond acceptors (Lipinski definition) is 6. The zero-order chi connectivity index (χ0) is 20.8. The molecule has 8 N–H and O–H groups in total. The van der Waals surface area contributed by atoms with Crippen molar-refractivity contribution in [2.75, 3.05) is 32.7 Å². The number of rotatable bonds is 6. The molecule has 0 saturated carbocycles. The normalized spacial score (nSPS) is 18.6. The summed E-state index contributed by atoms with van der Waals surface area (Å²) in [5.74, 6) is 1.31. The van der Waals surface area contributed by atoms with E-state index in [1.807, 2.05) is 6.07 Å². The Balaban J connectivity index is 1.69. The topological polar surface area (TPSA) is 115 Å². The fraction of sp³-hybridized carbons (Fsp3) is 0.450. The molecular formula is C20H29Cl2N7. The fourth-order valence-corrected chi connectivity index (χ4v) is 3.94. The maximum atomic E-state index is 8.29. The van der Waals surface area contributed by atoms with Crippen LogP contribution >= 0.6 is 23.2 Å². The Morgan fingerprint density at radius 1 is 1.28 bits per heavy atom. The van der Waals surface area contributed by atoms with Crippen LogP contribution in [0, 0.1) is 11.3 Å². The lowest BCUT2D eigenvalue weighted by Crippen LogP contribution is -2.42. The predicted octanol–water partition coefficient (Wildman–Crippen LogP) is 1.94. The van der Waals surface area contributed by atoms with E-state index in [1.54, 1.807) is 18.2 Å². The Morgan fingerprint density at radius 3 is 2.79 bits per heavy atom. The molecule has 0 spiro atoms. The van der Waals surface area contributed by atoms with Gasteiger partial charge in [0.15, 0.2) is 0 Å². The summed E-state index contributed by atoms with van der Waals surface area (Å²) < 4.78 is 0. The van der Waals surface area contributed by atoms with Crippen molar-refractivity contribution in [1.82, 2.24) is 20.9 Å². The van der Waals surface area contributed by atoms with Crippen molar-refractivity contribution in [3.63, 3.8) is 0 Å². The van der Waals surface area contributed by atoms with Crippen LogP contribution in [0.5, 0.6) is 0 Å². The van der Waals surface area contributed by atoms with Gasteiger partial charge in [-0.15, -0.1) is 0 Å². The van der Waals surface area contributed by atoms with E-state index < -0.39 is 0 Å². The molecule has 29 heavy (non-hydrogen) atoms. The molecule has 0 aliphatic carbocycles. The van der Waals surface area contributed by atoms with E-state index in [0.717, 1.165) is 50.3 Å². The van der Waals surface area contributed by atoms with Crippen LogP contribution in [-0.4, -0.2) is 43.5 Å². The molecule has 1 aromatic rings. The molecule has 0 amide bonds. The molecular weight excluding hydrogens is 409 g/mol. The van der Waals surface area contributed by atoms with Gasteiger partial charge in [-0.3, -0.25) is 5.41 Å². The van der Waals surface area contributed by atoms with E-state index >= 15 is 0 Å². The van der Waals surface area contributed by atoms with Crippen LogP contribution in [0.2, 0.25) is 10.0 Å². The van der Waals surface area contributed by atoms with Crippen molar-refractivity contribution in [2.24, 2.45) is 17.4 Å². The second-order valence-electron chi connectivity index (χ2n) is 7.43. The third-order valence-corrected chi connectivity index (χ3v) is 5.89. The van der Waals surface area contributed by atoms with Gasteiger partial charge in [0.2, 0.25) is 0 Å². The minimum absolute atomic E-state index is 0.218. The van der Waals surface area contributed by atoms with E-state index in [1.165, 1.54) is 0 Å². The average molecular weight is 438 g/mol. The number of allylic oxidation sites excluding steroid dienone is 1. The van der Waals surface area contributed by atoms with E-state index in [0.29, 0.717) is 40.6 Å². The molecule has 7 nitrogen and oxygen atoms in total. The molecule has 0 radical (unpaired) electrons. The Bertz CT molecular complexity index is 800. The van der Waals surface area contributed by atoms with Crippen molar-refractivity contribution in [3.8, 4) is 0 Å². The van der Waals surface area contributed by atoms with Gasteiger partial charge in [-0.25, -0.2) is 0 Å². The van der Waals surface area contributed by atoms with Crippen molar-refractivity contribution < 1.29 is 0 Å². The minimum atomic E-state index is 0.218. The summed E-state index contributed by atoms with van der Waals surface area (Å²) in [7, 11) is 0. The van der Waals surface area contributed by atoms with Gasteiger partial charge in [-0.1, -0.05) is 23.2 Å². The first-order valence-electron chi connectivity index (χ1n) is 9.87. The molecule has 1 fully saturated rings. The van der Waals surface area contributed by atoms with Crippen molar-refractivity contribution in [3.05, 3.63) is 57.1 Å². The maximum absolute atomic E-state index is 8.29.